The lowest BCUT2D eigenvalue weighted by Gasteiger charge is -2.58. The molecule has 25 heavy (non-hydrogen) atoms. The molecule has 2 heteroatoms. The van der Waals surface area contributed by atoms with E-state index in [2.05, 4.69) is 55.5 Å². The normalized spacial score (nSPS) is 48.2. The largest absolute Gasteiger partial charge is 0.373 e. The molecule has 1 N–H and O–H groups in total. The summed E-state index contributed by atoms with van der Waals surface area (Å²) < 4.78 is 0. The minimum Gasteiger partial charge on any atom is -0.373 e. The molecule has 2 nitrogen and oxygen atoms in total. The number of hydrogen-bond acceptors (Lipinski definition) is 2. The first kappa shape index (κ1) is 16.0. The molecule has 6 atom stereocenters. The number of nitrogens with one attached hydrogen (secondary N) is 1. The van der Waals surface area contributed by atoms with Crippen LogP contribution in [-0.4, -0.2) is 17.6 Å². The van der Waals surface area contributed by atoms with Crippen molar-refractivity contribution >= 4 is 0 Å². The molecule has 0 saturated heterocycles. The van der Waals surface area contributed by atoms with Gasteiger partial charge >= 0.3 is 0 Å². The zero-order chi connectivity index (χ0) is 17.2. The zero-order valence-electron chi connectivity index (χ0n) is 16.2. The number of fused-ring (bicyclic) bond motifs is 5. The molecule has 0 spiro atoms. The van der Waals surface area contributed by atoms with Gasteiger partial charge in [-0.15, -0.1) is 0 Å². The van der Waals surface area contributed by atoms with E-state index in [-0.39, 0.29) is 0 Å². The van der Waals surface area contributed by atoms with Crippen molar-refractivity contribution in [1.29, 1.82) is 0 Å². The summed E-state index contributed by atoms with van der Waals surface area (Å²) >= 11 is 0. The summed E-state index contributed by atoms with van der Waals surface area (Å²) in [5, 5.41) is 3.35. The van der Waals surface area contributed by atoms with Crippen molar-refractivity contribution in [3.63, 3.8) is 0 Å². The van der Waals surface area contributed by atoms with Gasteiger partial charge in [-0.25, -0.2) is 0 Å². The maximum absolute atomic E-state index is 3.35. The van der Waals surface area contributed by atoms with Crippen LogP contribution in [0.3, 0.4) is 0 Å². The lowest BCUT2D eigenvalue weighted by molar-refractivity contribution is -0.0225. The third-order valence-electron chi connectivity index (χ3n) is 9.17. The second-order valence-electron chi connectivity index (χ2n) is 9.93. The van der Waals surface area contributed by atoms with E-state index in [9.17, 15) is 0 Å². The van der Waals surface area contributed by atoms with Crippen molar-refractivity contribution in [1.82, 2.24) is 10.2 Å². The summed E-state index contributed by atoms with van der Waals surface area (Å²) in [6.07, 6.45) is 19.2. The molecular weight excluding hydrogens is 304 g/mol. The molecule has 0 aromatic rings. The zero-order valence-corrected chi connectivity index (χ0v) is 16.2. The summed E-state index contributed by atoms with van der Waals surface area (Å²) in [5.74, 6) is 2.76. The molecular formula is C23H34N2. The van der Waals surface area contributed by atoms with Crippen LogP contribution in [0.5, 0.6) is 0 Å². The van der Waals surface area contributed by atoms with Gasteiger partial charge in [-0.1, -0.05) is 37.1 Å². The van der Waals surface area contributed by atoms with E-state index in [0.29, 0.717) is 16.9 Å². The minimum absolute atomic E-state index is 0.480. The molecule has 2 fully saturated rings. The van der Waals surface area contributed by atoms with Crippen molar-refractivity contribution in [2.24, 2.45) is 28.6 Å². The fraction of sp³-hybridized carbons (Fsp3) is 0.739. The molecule has 0 amide bonds. The average molecular weight is 339 g/mol. The summed E-state index contributed by atoms with van der Waals surface area (Å²) in [4.78, 5) is 2.52. The van der Waals surface area contributed by atoms with Crippen LogP contribution >= 0.6 is 0 Å². The molecule has 0 aromatic carbocycles. The maximum atomic E-state index is 3.35. The van der Waals surface area contributed by atoms with E-state index < -0.39 is 0 Å². The Balaban J connectivity index is 1.41. The molecule has 5 rings (SSSR count). The summed E-state index contributed by atoms with van der Waals surface area (Å²) in [7, 11) is 0. The first-order chi connectivity index (χ1) is 12.0. The molecule has 2 saturated carbocycles. The van der Waals surface area contributed by atoms with Crippen LogP contribution in [0.25, 0.3) is 0 Å². The predicted octanol–water partition coefficient (Wildman–Crippen LogP) is 5.21. The van der Waals surface area contributed by atoms with Gasteiger partial charge in [0.2, 0.25) is 0 Å². The van der Waals surface area contributed by atoms with E-state index in [4.69, 9.17) is 0 Å². The second kappa shape index (κ2) is 5.41. The monoisotopic (exact) mass is 338 g/mol. The van der Waals surface area contributed by atoms with Gasteiger partial charge < -0.3 is 10.2 Å². The Morgan fingerprint density at radius 3 is 2.68 bits per heavy atom. The smallest absolute Gasteiger partial charge is 0.0870 e. The number of rotatable bonds is 1. The second-order valence-corrected chi connectivity index (χ2v) is 9.93. The van der Waals surface area contributed by atoms with Crippen molar-refractivity contribution in [2.75, 3.05) is 6.67 Å². The van der Waals surface area contributed by atoms with E-state index in [1.165, 1.54) is 44.9 Å². The Morgan fingerprint density at radius 2 is 1.88 bits per heavy atom. The topological polar surface area (TPSA) is 15.3 Å². The van der Waals surface area contributed by atoms with E-state index in [0.717, 1.165) is 24.4 Å². The summed E-state index contributed by atoms with van der Waals surface area (Å²) in [5.41, 5.74) is 4.48. The van der Waals surface area contributed by atoms with E-state index in [1.807, 2.05) is 0 Å². The molecule has 0 radical (unpaired) electrons. The molecule has 1 aliphatic heterocycles. The summed E-state index contributed by atoms with van der Waals surface area (Å²) in [6.45, 7) is 8.60. The predicted molar refractivity (Wildman–Crippen MR) is 104 cm³/mol. The average Bonchev–Trinajstić information content (AvgIpc) is 3.23. The Morgan fingerprint density at radius 1 is 1.04 bits per heavy atom. The van der Waals surface area contributed by atoms with Crippen LogP contribution in [0.1, 0.15) is 65.7 Å². The van der Waals surface area contributed by atoms with E-state index >= 15 is 0 Å². The number of hydrogen-bond donors (Lipinski definition) is 1. The molecule has 1 heterocycles. The van der Waals surface area contributed by atoms with Crippen molar-refractivity contribution < 1.29 is 0 Å². The highest BCUT2D eigenvalue weighted by atomic mass is 15.3. The lowest BCUT2D eigenvalue weighted by atomic mass is 9.47. The highest BCUT2D eigenvalue weighted by molar-refractivity contribution is 5.29. The van der Waals surface area contributed by atoms with Gasteiger partial charge in [0.25, 0.3) is 0 Å². The SMILES string of the molecule is CC1=CCC2C3CC=C4CC(N5C=CNC5)CCC4(C)C3CCC12C. The maximum Gasteiger partial charge on any atom is 0.0870 e. The van der Waals surface area contributed by atoms with Gasteiger partial charge in [0.15, 0.2) is 0 Å². The quantitative estimate of drug-likeness (QED) is 0.660. The van der Waals surface area contributed by atoms with Gasteiger partial charge in [0.1, 0.15) is 0 Å². The van der Waals surface area contributed by atoms with Gasteiger partial charge in [-0.2, -0.15) is 0 Å². The third-order valence-corrected chi connectivity index (χ3v) is 9.17. The van der Waals surface area contributed by atoms with Crippen LogP contribution in [0.2, 0.25) is 0 Å². The van der Waals surface area contributed by atoms with E-state index in [1.54, 1.807) is 11.1 Å². The van der Waals surface area contributed by atoms with Gasteiger partial charge in [0.05, 0.1) is 6.67 Å². The van der Waals surface area contributed by atoms with Crippen molar-refractivity contribution in [3.05, 3.63) is 35.7 Å². The lowest BCUT2D eigenvalue weighted by Crippen LogP contribution is -2.51. The number of allylic oxidation sites excluding steroid dienone is 3. The van der Waals surface area contributed by atoms with Crippen LogP contribution in [0.4, 0.5) is 0 Å². The highest BCUT2D eigenvalue weighted by Crippen LogP contribution is 2.64. The Hall–Kier alpha value is -1.18. The van der Waals surface area contributed by atoms with Gasteiger partial charge in [-0.05, 0) is 80.5 Å². The molecule has 136 valence electrons. The van der Waals surface area contributed by atoms with Gasteiger partial charge in [0, 0.05) is 18.4 Å². The highest BCUT2D eigenvalue weighted by Gasteiger charge is 2.56. The Kier molecular flexibility index (Phi) is 3.47. The molecule has 0 aromatic heterocycles. The Labute approximate surface area is 153 Å². The van der Waals surface area contributed by atoms with Crippen LogP contribution in [0, 0.1) is 28.6 Å². The minimum atomic E-state index is 0.480. The van der Waals surface area contributed by atoms with Crippen LogP contribution in [-0.2, 0) is 0 Å². The molecule has 5 aliphatic rings. The summed E-state index contributed by atoms with van der Waals surface area (Å²) in [6, 6.07) is 0.714. The standard InChI is InChI=1S/C23H34N2/c1-16-4-7-20-19-6-5-17-14-18(25-13-12-24-15-25)8-10-23(17,3)21(19)9-11-22(16,20)2/h4-5,12-13,18-21,24H,6-11,14-15H2,1-3H3. The van der Waals surface area contributed by atoms with Gasteiger partial charge in [-0.3, -0.25) is 0 Å². The van der Waals surface area contributed by atoms with Crippen molar-refractivity contribution in [3.8, 4) is 0 Å². The fourth-order valence-electron chi connectivity index (χ4n) is 7.32. The molecule has 4 aliphatic carbocycles. The third kappa shape index (κ3) is 2.15. The first-order valence-electron chi connectivity index (χ1n) is 10.5. The fourth-order valence-corrected chi connectivity index (χ4v) is 7.32. The number of nitrogens with zero attached hydrogens (tertiary/aromatic N) is 1. The molecule has 0 bridgehead atoms. The molecule has 6 unspecified atom stereocenters. The van der Waals surface area contributed by atoms with Crippen LogP contribution in [0.15, 0.2) is 35.7 Å². The Bertz CT molecular complexity index is 659. The van der Waals surface area contributed by atoms with Crippen molar-refractivity contribution in [2.45, 2.75) is 71.8 Å². The van der Waals surface area contributed by atoms with Crippen LogP contribution < -0.4 is 5.32 Å². The first-order valence-corrected chi connectivity index (χ1v) is 10.5.